The second-order valence-corrected chi connectivity index (χ2v) is 10.6. The molecule has 0 amide bonds. The predicted molar refractivity (Wildman–Crippen MR) is 124 cm³/mol. The number of nitrogens with one attached hydrogen (secondary N) is 2. The Kier molecular flexibility index (Phi) is 7.09. The number of anilines is 2. The van der Waals surface area contributed by atoms with E-state index in [1.165, 1.54) is 68.8 Å². The zero-order valence-corrected chi connectivity index (χ0v) is 19.9. The fourth-order valence-electron chi connectivity index (χ4n) is 2.68. The Bertz CT molecular complexity index is 1350. The van der Waals surface area contributed by atoms with Crippen LogP contribution in [0.2, 0.25) is 10.0 Å². The van der Waals surface area contributed by atoms with Crippen molar-refractivity contribution in [3.8, 4) is 11.5 Å². The average molecular weight is 517 g/mol. The molecule has 32 heavy (non-hydrogen) atoms. The first-order valence-corrected chi connectivity index (χ1v) is 12.6. The van der Waals surface area contributed by atoms with Crippen molar-refractivity contribution in [3.63, 3.8) is 0 Å². The number of methoxy groups -OCH3 is 2. The molecule has 0 spiro atoms. The summed E-state index contributed by atoms with van der Waals surface area (Å²) in [7, 11) is -5.13. The summed E-state index contributed by atoms with van der Waals surface area (Å²) in [6, 6.07) is 13.8. The summed E-state index contributed by atoms with van der Waals surface area (Å²) in [6.07, 6.45) is 0. The van der Waals surface area contributed by atoms with E-state index in [0.29, 0.717) is 5.75 Å². The van der Waals surface area contributed by atoms with E-state index in [-0.39, 0.29) is 37.0 Å². The molecule has 0 aliphatic rings. The maximum Gasteiger partial charge on any atom is 0.263 e. The Morgan fingerprint density at radius 2 is 1.44 bits per heavy atom. The van der Waals surface area contributed by atoms with Crippen molar-refractivity contribution in [1.29, 1.82) is 0 Å². The Morgan fingerprint density at radius 1 is 0.750 bits per heavy atom. The standard InChI is InChI=1S/C20H18Cl2N2O6S2/c1-29-15-6-10-18(19(12-15)30-2)24-31(25,26)16-7-4-14(5-8-16)23-32(27,28)20-11-13(21)3-9-17(20)22/h3-12,23-24H,1-2H3. The van der Waals surface area contributed by atoms with Gasteiger partial charge in [0, 0.05) is 16.8 Å². The van der Waals surface area contributed by atoms with Gasteiger partial charge in [-0.25, -0.2) is 16.8 Å². The highest BCUT2D eigenvalue weighted by Crippen LogP contribution is 2.31. The minimum absolute atomic E-state index is 0.00117. The first-order chi connectivity index (χ1) is 15.1. The molecule has 3 rings (SSSR count). The minimum atomic E-state index is -4.04. The summed E-state index contributed by atoms with van der Waals surface area (Å²) < 4.78 is 65.8. The van der Waals surface area contributed by atoms with Gasteiger partial charge in [-0.05, 0) is 54.6 Å². The van der Waals surface area contributed by atoms with Crippen LogP contribution in [0.4, 0.5) is 11.4 Å². The van der Waals surface area contributed by atoms with Crippen LogP contribution in [0.1, 0.15) is 0 Å². The third kappa shape index (κ3) is 5.39. The van der Waals surface area contributed by atoms with Gasteiger partial charge in [0.15, 0.2) is 0 Å². The molecule has 0 bridgehead atoms. The molecular weight excluding hydrogens is 499 g/mol. The monoisotopic (exact) mass is 516 g/mol. The van der Waals surface area contributed by atoms with Crippen molar-refractivity contribution < 1.29 is 26.3 Å². The highest BCUT2D eigenvalue weighted by atomic mass is 35.5. The van der Waals surface area contributed by atoms with E-state index in [1.807, 2.05) is 0 Å². The summed E-state index contributed by atoms with van der Waals surface area (Å²) in [4.78, 5) is -0.282. The van der Waals surface area contributed by atoms with Gasteiger partial charge in [0.25, 0.3) is 20.0 Å². The number of halogens is 2. The maximum absolute atomic E-state index is 12.8. The molecule has 0 radical (unpaired) electrons. The number of hydrogen-bond donors (Lipinski definition) is 2. The molecule has 0 aliphatic heterocycles. The zero-order chi connectivity index (χ0) is 23.5. The fraction of sp³-hybridized carbons (Fsp3) is 0.100. The number of hydrogen-bond acceptors (Lipinski definition) is 6. The molecule has 170 valence electrons. The van der Waals surface area contributed by atoms with Gasteiger partial charge in [0.1, 0.15) is 16.4 Å². The third-order valence-electron chi connectivity index (χ3n) is 4.25. The largest absolute Gasteiger partial charge is 0.497 e. The average Bonchev–Trinajstić information content (AvgIpc) is 2.75. The van der Waals surface area contributed by atoms with Gasteiger partial charge in [-0.1, -0.05) is 23.2 Å². The van der Waals surface area contributed by atoms with E-state index in [1.54, 1.807) is 6.07 Å². The van der Waals surface area contributed by atoms with Crippen LogP contribution in [0.15, 0.2) is 70.5 Å². The van der Waals surface area contributed by atoms with E-state index in [2.05, 4.69) is 9.44 Å². The Balaban J connectivity index is 1.82. The predicted octanol–water partition coefficient (Wildman–Crippen LogP) is 4.61. The molecule has 3 aromatic carbocycles. The summed E-state index contributed by atoms with van der Waals surface area (Å²) in [6.45, 7) is 0. The fourth-order valence-corrected chi connectivity index (χ4v) is 5.57. The van der Waals surface area contributed by atoms with Crippen molar-refractivity contribution in [2.24, 2.45) is 0 Å². The van der Waals surface area contributed by atoms with Crippen molar-refractivity contribution in [2.45, 2.75) is 9.79 Å². The molecule has 0 saturated carbocycles. The van der Waals surface area contributed by atoms with E-state index >= 15 is 0 Å². The van der Waals surface area contributed by atoms with Crippen LogP contribution in [0, 0.1) is 0 Å². The van der Waals surface area contributed by atoms with Gasteiger partial charge in [0.05, 0.1) is 29.8 Å². The second-order valence-electron chi connectivity index (χ2n) is 6.38. The van der Waals surface area contributed by atoms with E-state index in [4.69, 9.17) is 32.7 Å². The molecule has 0 fully saturated rings. The minimum Gasteiger partial charge on any atom is -0.497 e. The smallest absolute Gasteiger partial charge is 0.263 e. The van der Waals surface area contributed by atoms with Gasteiger partial charge < -0.3 is 9.47 Å². The molecular formula is C20H18Cl2N2O6S2. The van der Waals surface area contributed by atoms with Crippen molar-refractivity contribution in [2.75, 3.05) is 23.7 Å². The number of sulfonamides is 2. The molecule has 0 unspecified atom stereocenters. The maximum atomic E-state index is 12.8. The van der Waals surface area contributed by atoms with E-state index < -0.39 is 20.0 Å². The lowest BCUT2D eigenvalue weighted by molar-refractivity contribution is 0.395. The normalized spacial score (nSPS) is 11.6. The summed E-state index contributed by atoms with van der Waals surface area (Å²) in [5.41, 5.74) is 0.357. The molecule has 8 nitrogen and oxygen atoms in total. The second kappa shape index (κ2) is 9.45. The summed E-state index contributed by atoms with van der Waals surface area (Å²) >= 11 is 11.8. The first-order valence-electron chi connectivity index (χ1n) is 8.88. The van der Waals surface area contributed by atoms with Crippen LogP contribution in [-0.4, -0.2) is 31.1 Å². The Hall–Kier alpha value is -2.66. The van der Waals surface area contributed by atoms with Crippen LogP contribution in [0.5, 0.6) is 11.5 Å². The van der Waals surface area contributed by atoms with Crippen LogP contribution in [0.25, 0.3) is 0 Å². The lowest BCUT2D eigenvalue weighted by Crippen LogP contribution is -2.15. The van der Waals surface area contributed by atoms with E-state index in [0.717, 1.165) is 0 Å². The van der Waals surface area contributed by atoms with Crippen molar-refractivity contribution >= 4 is 54.6 Å². The molecule has 0 aromatic heterocycles. The van der Waals surface area contributed by atoms with Gasteiger partial charge in [-0.2, -0.15) is 0 Å². The van der Waals surface area contributed by atoms with E-state index in [9.17, 15) is 16.8 Å². The zero-order valence-electron chi connectivity index (χ0n) is 16.8. The van der Waals surface area contributed by atoms with Gasteiger partial charge >= 0.3 is 0 Å². The van der Waals surface area contributed by atoms with Gasteiger partial charge in [-0.3, -0.25) is 9.44 Å². The third-order valence-corrected chi connectivity index (χ3v) is 7.73. The number of rotatable bonds is 8. The molecule has 0 aliphatic carbocycles. The number of ether oxygens (including phenoxy) is 2. The summed E-state index contributed by atoms with van der Waals surface area (Å²) in [5.74, 6) is 0.775. The van der Waals surface area contributed by atoms with Crippen LogP contribution in [0.3, 0.4) is 0 Å². The number of benzene rings is 3. The molecule has 2 N–H and O–H groups in total. The molecule has 0 heterocycles. The molecule has 0 atom stereocenters. The molecule has 12 heteroatoms. The van der Waals surface area contributed by atoms with Gasteiger partial charge in [0.2, 0.25) is 0 Å². The molecule has 3 aromatic rings. The van der Waals surface area contributed by atoms with Crippen LogP contribution >= 0.6 is 23.2 Å². The van der Waals surface area contributed by atoms with Gasteiger partial charge in [-0.15, -0.1) is 0 Å². The highest BCUT2D eigenvalue weighted by Gasteiger charge is 2.20. The lowest BCUT2D eigenvalue weighted by Gasteiger charge is -2.14. The summed E-state index contributed by atoms with van der Waals surface area (Å²) in [5, 5.41) is 0.204. The highest BCUT2D eigenvalue weighted by molar-refractivity contribution is 7.93. The molecule has 0 saturated heterocycles. The van der Waals surface area contributed by atoms with Crippen LogP contribution in [-0.2, 0) is 20.0 Å². The SMILES string of the molecule is COc1ccc(NS(=O)(=O)c2ccc(NS(=O)(=O)c3cc(Cl)ccc3Cl)cc2)c(OC)c1. The first kappa shape index (κ1) is 24.0. The van der Waals surface area contributed by atoms with Crippen LogP contribution < -0.4 is 18.9 Å². The van der Waals surface area contributed by atoms with Crippen molar-refractivity contribution in [1.82, 2.24) is 0 Å². The Labute approximate surface area is 196 Å². The van der Waals surface area contributed by atoms with Crippen molar-refractivity contribution in [3.05, 3.63) is 70.7 Å². The Morgan fingerprint density at radius 3 is 2.06 bits per heavy atom. The lowest BCUT2D eigenvalue weighted by atomic mass is 10.3. The topological polar surface area (TPSA) is 111 Å². The quantitative estimate of drug-likeness (QED) is 0.452.